The Morgan fingerprint density at radius 1 is 0.342 bits per heavy atom. The standard InChI is InChI=1S/C36H24N2/c1-3-13-25(14-4-1)27-17-7-10-20-32(27)38-34-22-12-9-19-29(34)31-23-35-30(24-36(31)38)28-18-8-11-21-33(28)37(35)26-15-5-2-6-16-26/h1-24H. The van der Waals surface area contributed by atoms with Gasteiger partial charge in [0.25, 0.3) is 0 Å². The maximum atomic E-state index is 2.45. The minimum atomic E-state index is 1.18. The molecule has 0 aliphatic heterocycles. The van der Waals surface area contributed by atoms with Gasteiger partial charge in [-0.1, -0.05) is 103 Å². The van der Waals surface area contributed by atoms with Crippen LogP contribution in [0.15, 0.2) is 146 Å². The second-order valence-electron chi connectivity index (χ2n) is 9.81. The van der Waals surface area contributed by atoms with Gasteiger partial charge in [-0.25, -0.2) is 0 Å². The van der Waals surface area contributed by atoms with Crippen LogP contribution in [-0.2, 0) is 0 Å². The zero-order chi connectivity index (χ0) is 25.1. The first-order valence-corrected chi connectivity index (χ1v) is 13.0. The van der Waals surface area contributed by atoms with Gasteiger partial charge in [0.15, 0.2) is 0 Å². The van der Waals surface area contributed by atoms with Crippen molar-refractivity contribution in [3.63, 3.8) is 0 Å². The third-order valence-electron chi connectivity index (χ3n) is 7.71. The van der Waals surface area contributed by atoms with E-state index in [9.17, 15) is 0 Å². The lowest BCUT2D eigenvalue weighted by Gasteiger charge is -2.14. The minimum Gasteiger partial charge on any atom is -0.309 e. The number of para-hydroxylation sites is 4. The monoisotopic (exact) mass is 484 g/mol. The number of benzene rings is 6. The van der Waals surface area contributed by atoms with Gasteiger partial charge in [0.2, 0.25) is 0 Å². The lowest BCUT2D eigenvalue weighted by molar-refractivity contribution is 1.17. The highest BCUT2D eigenvalue weighted by Crippen LogP contribution is 2.40. The Morgan fingerprint density at radius 3 is 1.53 bits per heavy atom. The van der Waals surface area contributed by atoms with Crippen LogP contribution in [0.5, 0.6) is 0 Å². The van der Waals surface area contributed by atoms with Crippen LogP contribution in [0.4, 0.5) is 0 Å². The van der Waals surface area contributed by atoms with Crippen molar-refractivity contribution in [2.45, 2.75) is 0 Å². The third-order valence-corrected chi connectivity index (χ3v) is 7.71. The summed E-state index contributed by atoms with van der Waals surface area (Å²) in [6.07, 6.45) is 0. The van der Waals surface area contributed by atoms with Crippen LogP contribution in [0, 0.1) is 0 Å². The van der Waals surface area contributed by atoms with Crippen LogP contribution in [0.3, 0.4) is 0 Å². The van der Waals surface area contributed by atoms with Gasteiger partial charge < -0.3 is 9.13 Å². The highest BCUT2D eigenvalue weighted by atomic mass is 15.0. The van der Waals surface area contributed by atoms with E-state index in [1.807, 2.05) is 0 Å². The van der Waals surface area contributed by atoms with Crippen LogP contribution in [0.1, 0.15) is 0 Å². The lowest BCUT2D eigenvalue weighted by Crippen LogP contribution is -1.97. The number of aromatic nitrogens is 2. The van der Waals surface area contributed by atoms with E-state index < -0.39 is 0 Å². The molecule has 2 aromatic heterocycles. The van der Waals surface area contributed by atoms with Crippen molar-refractivity contribution in [3.05, 3.63) is 146 Å². The maximum Gasteiger partial charge on any atom is 0.0549 e. The zero-order valence-corrected chi connectivity index (χ0v) is 20.8. The number of nitrogens with zero attached hydrogens (tertiary/aromatic N) is 2. The van der Waals surface area contributed by atoms with Crippen molar-refractivity contribution < 1.29 is 0 Å². The molecule has 178 valence electrons. The van der Waals surface area contributed by atoms with E-state index >= 15 is 0 Å². The Balaban J connectivity index is 1.54. The van der Waals surface area contributed by atoms with Gasteiger partial charge in [-0.05, 0) is 48.0 Å². The first-order chi connectivity index (χ1) is 18.9. The number of hydrogen-bond acceptors (Lipinski definition) is 0. The van der Waals surface area contributed by atoms with Crippen molar-refractivity contribution in [1.82, 2.24) is 9.13 Å². The second kappa shape index (κ2) is 8.22. The van der Waals surface area contributed by atoms with Crippen LogP contribution < -0.4 is 0 Å². The first kappa shape index (κ1) is 21.0. The van der Waals surface area contributed by atoms with Crippen molar-refractivity contribution in [3.8, 4) is 22.5 Å². The van der Waals surface area contributed by atoms with Gasteiger partial charge in [-0.3, -0.25) is 0 Å². The molecular formula is C36H24N2. The Labute approximate surface area is 220 Å². The molecule has 0 saturated carbocycles. The zero-order valence-electron chi connectivity index (χ0n) is 20.8. The smallest absolute Gasteiger partial charge is 0.0549 e. The summed E-state index contributed by atoms with van der Waals surface area (Å²) >= 11 is 0. The molecule has 8 rings (SSSR count). The molecule has 0 N–H and O–H groups in total. The maximum absolute atomic E-state index is 2.45. The molecule has 0 fully saturated rings. The molecule has 0 unspecified atom stereocenters. The van der Waals surface area contributed by atoms with Gasteiger partial charge in [0, 0.05) is 32.8 Å². The topological polar surface area (TPSA) is 9.86 Å². The van der Waals surface area contributed by atoms with Crippen molar-refractivity contribution >= 4 is 43.6 Å². The van der Waals surface area contributed by atoms with Crippen molar-refractivity contribution in [2.24, 2.45) is 0 Å². The fourth-order valence-electron chi connectivity index (χ4n) is 6.08. The molecule has 8 aromatic rings. The van der Waals surface area contributed by atoms with Gasteiger partial charge in [0.05, 0.1) is 27.8 Å². The first-order valence-electron chi connectivity index (χ1n) is 13.0. The molecule has 2 nitrogen and oxygen atoms in total. The van der Waals surface area contributed by atoms with Crippen molar-refractivity contribution in [2.75, 3.05) is 0 Å². The summed E-state index contributed by atoms with van der Waals surface area (Å²) in [5.74, 6) is 0. The Bertz CT molecular complexity index is 2110. The van der Waals surface area contributed by atoms with Crippen LogP contribution in [0.25, 0.3) is 66.1 Å². The van der Waals surface area contributed by atoms with E-state index in [1.165, 1.54) is 66.1 Å². The SMILES string of the molecule is c1ccc(-c2ccccc2-n2c3ccccc3c3cc4c(cc32)c2ccccc2n4-c2ccccc2)cc1. The molecule has 6 aromatic carbocycles. The predicted molar refractivity (Wildman–Crippen MR) is 161 cm³/mol. The number of hydrogen-bond donors (Lipinski definition) is 0. The molecule has 2 heteroatoms. The summed E-state index contributed by atoms with van der Waals surface area (Å²) in [6, 6.07) is 52.4. The van der Waals surface area contributed by atoms with Gasteiger partial charge >= 0.3 is 0 Å². The second-order valence-corrected chi connectivity index (χ2v) is 9.81. The molecule has 0 radical (unpaired) electrons. The van der Waals surface area contributed by atoms with Crippen LogP contribution >= 0.6 is 0 Å². The highest BCUT2D eigenvalue weighted by molar-refractivity contribution is 6.19. The molecular weight excluding hydrogens is 460 g/mol. The summed E-state index contributed by atoms with van der Waals surface area (Å²) in [4.78, 5) is 0. The van der Waals surface area contributed by atoms with Crippen molar-refractivity contribution in [1.29, 1.82) is 0 Å². The van der Waals surface area contributed by atoms with E-state index in [1.54, 1.807) is 0 Å². The summed E-state index contributed by atoms with van der Waals surface area (Å²) in [5, 5.41) is 5.05. The summed E-state index contributed by atoms with van der Waals surface area (Å²) in [7, 11) is 0. The Kier molecular flexibility index (Phi) is 4.55. The van der Waals surface area contributed by atoms with Crippen LogP contribution in [0.2, 0.25) is 0 Å². The summed E-state index contributed by atoms with van der Waals surface area (Å²) in [6.45, 7) is 0. The fourth-order valence-corrected chi connectivity index (χ4v) is 6.08. The quantitative estimate of drug-likeness (QED) is 0.236. The summed E-state index contributed by atoms with van der Waals surface area (Å²) in [5.41, 5.74) is 9.70. The van der Waals surface area contributed by atoms with E-state index in [4.69, 9.17) is 0 Å². The van der Waals surface area contributed by atoms with Gasteiger partial charge in [-0.2, -0.15) is 0 Å². The Morgan fingerprint density at radius 2 is 0.842 bits per heavy atom. The molecule has 38 heavy (non-hydrogen) atoms. The number of rotatable bonds is 3. The minimum absolute atomic E-state index is 1.18. The normalized spacial score (nSPS) is 11.7. The molecule has 0 atom stereocenters. The molecule has 2 heterocycles. The average Bonchev–Trinajstić information content (AvgIpc) is 3.49. The van der Waals surface area contributed by atoms with E-state index in [0.29, 0.717) is 0 Å². The van der Waals surface area contributed by atoms with Crippen LogP contribution in [-0.4, -0.2) is 9.13 Å². The Hall–Kier alpha value is -5.08. The molecule has 0 aliphatic rings. The molecule has 0 aliphatic carbocycles. The largest absolute Gasteiger partial charge is 0.309 e. The number of fused-ring (bicyclic) bond motifs is 6. The molecule has 0 bridgehead atoms. The van der Waals surface area contributed by atoms with Gasteiger partial charge in [0.1, 0.15) is 0 Å². The lowest BCUT2D eigenvalue weighted by atomic mass is 10.0. The molecule has 0 saturated heterocycles. The summed E-state index contributed by atoms with van der Waals surface area (Å²) < 4.78 is 4.84. The third kappa shape index (κ3) is 3.01. The predicted octanol–water partition coefficient (Wildman–Crippen LogP) is 9.55. The highest BCUT2D eigenvalue weighted by Gasteiger charge is 2.19. The van der Waals surface area contributed by atoms with E-state index in [2.05, 4.69) is 155 Å². The van der Waals surface area contributed by atoms with E-state index in [0.717, 1.165) is 0 Å². The molecule has 0 amide bonds. The average molecular weight is 485 g/mol. The molecule has 0 spiro atoms. The fraction of sp³-hybridized carbons (Fsp3) is 0. The van der Waals surface area contributed by atoms with E-state index in [-0.39, 0.29) is 0 Å². The van der Waals surface area contributed by atoms with Gasteiger partial charge in [-0.15, -0.1) is 0 Å².